The Labute approximate surface area is 108 Å². The van der Waals surface area contributed by atoms with Crippen LogP contribution in [0.25, 0.3) is 0 Å². The molecule has 19 heavy (non-hydrogen) atoms. The number of benzene rings is 1. The first-order valence-corrected chi connectivity index (χ1v) is 6.60. The van der Waals surface area contributed by atoms with Crippen molar-refractivity contribution in [2.24, 2.45) is 7.05 Å². The number of halogens is 1. The van der Waals surface area contributed by atoms with Crippen molar-refractivity contribution in [3.63, 3.8) is 0 Å². The molecule has 0 saturated heterocycles. The van der Waals surface area contributed by atoms with Crippen molar-refractivity contribution in [2.75, 3.05) is 10.5 Å². The smallest absolute Gasteiger partial charge is 0.277 e. The third kappa shape index (κ3) is 2.62. The molecule has 10 heteroatoms. The molecular formula is C9H11FN6O2S. The van der Waals surface area contributed by atoms with Gasteiger partial charge in [0.1, 0.15) is 5.82 Å². The quantitative estimate of drug-likeness (QED) is 0.770. The van der Waals surface area contributed by atoms with E-state index < -0.39 is 15.8 Å². The minimum Gasteiger partial charge on any atom is -0.398 e. The molecule has 0 fully saturated rings. The minimum absolute atomic E-state index is 0.0486. The topological polar surface area (TPSA) is 116 Å². The molecule has 0 unspecified atom stereocenters. The summed E-state index contributed by atoms with van der Waals surface area (Å²) >= 11 is 0. The molecule has 2 aromatic rings. The van der Waals surface area contributed by atoms with E-state index in [1.54, 1.807) is 0 Å². The summed E-state index contributed by atoms with van der Waals surface area (Å²) < 4.78 is 39.5. The zero-order valence-electron chi connectivity index (χ0n) is 10.1. The zero-order valence-corrected chi connectivity index (χ0v) is 10.9. The van der Waals surface area contributed by atoms with Crippen molar-refractivity contribution in [1.82, 2.24) is 20.2 Å². The van der Waals surface area contributed by atoms with Crippen LogP contribution in [0, 0.1) is 12.7 Å². The van der Waals surface area contributed by atoms with Gasteiger partial charge in [0.2, 0.25) is 0 Å². The van der Waals surface area contributed by atoms with Crippen molar-refractivity contribution in [1.29, 1.82) is 0 Å². The van der Waals surface area contributed by atoms with Gasteiger partial charge < -0.3 is 5.73 Å². The van der Waals surface area contributed by atoms with E-state index in [1.807, 2.05) is 0 Å². The Balaban J connectivity index is 2.40. The second kappa shape index (κ2) is 4.46. The molecule has 1 aromatic heterocycles. The van der Waals surface area contributed by atoms with Crippen molar-refractivity contribution >= 4 is 21.7 Å². The van der Waals surface area contributed by atoms with Gasteiger partial charge in [0.25, 0.3) is 16.0 Å². The van der Waals surface area contributed by atoms with Crippen LogP contribution < -0.4 is 10.5 Å². The number of rotatable bonds is 3. The minimum atomic E-state index is -4.01. The number of nitrogens with two attached hydrogens (primary N) is 1. The summed E-state index contributed by atoms with van der Waals surface area (Å²) in [5.41, 5.74) is 5.78. The first kappa shape index (κ1) is 13.2. The lowest BCUT2D eigenvalue weighted by atomic mass is 10.2. The highest BCUT2D eigenvalue weighted by Crippen LogP contribution is 2.21. The molecule has 0 aliphatic rings. The molecule has 2 rings (SSSR count). The molecule has 102 valence electrons. The van der Waals surface area contributed by atoms with Gasteiger partial charge in [-0.3, -0.25) is 0 Å². The first-order chi connectivity index (χ1) is 8.79. The number of anilines is 2. The Bertz CT molecular complexity index is 703. The number of nitrogens with one attached hydrogen (secondary N) is 1. The van der Waals surface area contributed by atoms with E-state index in [4.69, 9.17) is 5.73 Å². The molecule has 0 saturated carbocycles. The number of aryl methyl sites for hydroxylation is 1. The second-order valence-corrected chi connectivity index (χ2v) is 5.51. The molecule has 0 aliphatic carbocycles. The fourth-order valence-corrected chi connectivity index (χ4v) is 2.31. The Kier molecular flexibility index (Phi) is 3.10. The van der Waals surface area contributed by atoms with Crippen LogP contribution in [0.3, 0.4) is 0 Å². The molecule has 1 heterocycles. The maximum Gasteiger partial charge on any atom is 0.277 e. The Morgan fingerprint density at radius 3 is 2.63 bits per heavy atom. The monoisotopic (exact) mass is 286 g/mol. The Morgan fingerprint density at radius 2 is 2.11 bits per heavy atom. The van der Waals surface area contributed by atoms with Gasteiger partial charge in [-0.1, -0.05) is 5.10 Å². The predicted molar refractivity (Wildman–Crippen MR) is 65.2 cm³/mol. The molecule has 0 amide bonds. The number of aromatic nitrogens is 4. The van der Waals surface area contributed by atoms with Gasteiger partial charge in [0, 0.05) is 11.3 Å². The lowest BCUT2D eigenvalue weighted by Crippen LogP contribution is -2.15. The Morgan fingerprint density at radius 1 is 1.42 bits per heavy atom. The number of sulfonamides is 1. The van der Waals surface area contributed by atoms with Crippen molar-refractivity contribution < 1.29 is 12.8 Å². The van der Waals surface area contributed by atoms with E-state index >= 15 is 0 Å². The average molecular weight is 286 g/mol. The van der Waals surface area contributed by atoms with Crippen molar-refractivity contribution in [3.05, 3.63) is 23.5 Å². The molecule has 3 N–H and O–H groups in total. The number of nitrogens with zero attached hydrogens (tertiary/aromatic N) is 4. The van der Waals surface area contributed by atoms with Gasteiger partial charge in [-0.25, -0.2) is 17.5 Å². The van der Waals surface area contributed by atoms with E-state index in [-0.39, 0.29) is 22.1 Å². The largest absolute Gasteiger partial charge is 0.398 e. The van der Waals surface area contributed by atoms with E-state index in [1.165, 1.54) is 14.0 Å². The third-order valence-electron chi connectivity index (χ3n) is 2.40. The molecule has 0 atom stereocenters. The van der Waals surface area contributed by atoms with Crippen LogP contribution in [-0.4, -0.2) is 28.6 Å². The summed E-state index contributed by atoms with van der Waals surface area (Å²) in [5.74, 6) is -0.908. The molecule has 8 nitrogen and oxygen atoms in total. The summed E-state index contributed by atoms with van der Waals surface area (Å²) in [4.78, 5) is 0.780. The summed E-state index contributed by atoms with van der Waals surface area (Å²) in [5, 5.41) is 10.6. The maximum absolute atomic E-state index is 13.5. The molecule has 0 spiro atoms. The van der Waals surface area contributed by atoms with Crippen LogP contribution in [0.15, 0.2) is 17.0 Å². The van der Waals surface area contributed by atoms with Gasteiger partial charge in [0.05, 0.1) is 11.9 Å². The molecule has 0 radical (unpaired) electrons. The van der Waals surface area contributed by atoms with Crippen molar-refractivity contribution in [3.8, 4) is 0 Å². The van der Waals surface area contributed by atoms with Crippen LogP contribution >= 0.6 is 0 Å². The molecule has 1 aromatic carbocycles. The summed E-state index contributed by atoms with van der Waals surface area (Å²) in [6, 6.07) is 2.04. The fourth-order valence-electron chi connectivity index (χ4n) is 1.33. The summed E-state index contributed by atoms with van der Waals surface area (Å²) in [6.07, 6.45) is 0. The van der Waals surface area contributed by atoms with Gasteiger partial charge in [-0.2, -0.15) is 4.80 Å². The van der Waals surface area contributed by atoms with E-state index in [0.29, 0.717) is 0 Å². The highest BCUT2D eigenvalue weighted by molar-refractivity contribution is 7.92. The molecule has 0 aliphatic heterocycles. The number of hydrogen-bond acceptors (Lipinski definition) is 6. The Hall–Kier alpha value is -2.23. The van der Waals surface area contributed by atoms with E-state index in [2.05, 4.69) is 20.1 Å². The molecular weight excluding hydrogens is 275 g/mol. The van der Waals surface area contributed by atoms with E-state index in [9.17, 15) is 12.8 Å². The summed E-state index contributed by atoms with van der Waals surface area (Å²) in [6.45, 7) is 1.46. The van der Waals surface area contributed by atoms with Crippen LogP contribution in [0.4, 0.5) is 16.0 Å². The highest BCUT2D eigenvalue weighted by atomic mass is 32.2. The van der Waals surface area contributed by atoms with Crippen LogP contribution in [-0.2, 0) is 17.1 Å². The number of hydrogen-bond donors (Lipinski definition) is 2. The highest BCUT2D eigenvalue weighted by Gasteiger charge is 2.19. The standard InChI is InChI=1S/C9H11FN6O2S/c1-5-7(10)3-6(4-8(5)11)19(17,18)14-9-12-15-16(2)13-9/h3-4H,11H2,1-2H3,(H,13,14). The number of tetrazole rings is 1. The lowest BCUT2D eigenvalue weighted by molar-refractivity contribution is 0.593. The third-order valence-corrected chi connectivity index (χ3v) is 3.71. The van der Waals surface area contributed by atoms with Gasteiger partial charge in [-0.05, 0) is 24.3 Å². The van der Waals surface area contributed by atoms with Crippen LogP contribution in [0.2, 0.25) is 0 Å². The normalized spacial score (nSPS) is 11.5. The van der Waals surface area contributed by atoms with E-state index in [0.717, 1.165) is 16.9 Å². The van der Waals surface area contributed by atoms with Crippen LogP contribution in [0.5, 0.6) is 0 Å². The van der Waals surface area contributed by atoms with Gasteiger partial charge >= 0.3 is 0 Å². The average Bonchev–Trinajstić information content (AvgIpc) is 2.70. The van der Waals surface area contributed by atoms with Gasteiger partial charge in [0.15, 0.2) is 0 Å². The first-order valence-electron chi connectivity index (χ1n) is 5.12. The number of nitrogen functional groups attached to an aromatic ring is 1. The van der Waals surface area contributed by atoms with Crippen LogP contribution in [0.1, 0.15) is 5.56 Å². The summed E-state index contributed by atoms with van der Waals surface area (Å²) in [7, 11) is -2.53. The second-order valence-electron chi connectivity index (χ2n) is 3.83. The maximum atomic E-state index is 13.5. The fraction of sp³-hybridized carbons (Fsp3) is 0.222. The van der Waals surface area contributed by atoms with Gasteiger partial charge in [-0.15, -0.1) is 5.10 Å². The zero-order chi connectivity index (χ0) is 14.2. The SMILES string of the molecule is Cc1c(N)cc(S(=O)(=O)Nc2nnn(C)n2)cc1F. The van der Waals surface area contributed by atoms with Crippen molar-refractivity contribution in [2.45, 2.75) is 11.8 Å². The predicted octanol–water partition coefficient (Wildman–Crippen LogP) is 0.0406. The molecule has 0 bridgehead atoms. The lowest BCUT2D eigenvalue weighted by Gasteiger charge is -2.07.